The molecule has 5 nitrogen and oxygen atoms in total. The first-order chi connectivity index (χ1) is 13.1. The maximum Gasteiger partial charge on any atom is 0.332 e. The van der Waals surface area contributed by atoms with Crippen molar-refractivity contribution in [3.05, 3.63) is 0 Å². The number of carbonyl (C=O) groups is 2. The fraction of sp³-hybridized carbons (Fsp3) is 0.909. The number of hydrogen-bond donors (Lipinski definition) is 1. The number of ether oxygens (including phenoxy) is 1. The molecule has 3 saturated carbocycles. The third-order valence-corrected chi connectivity index (χ3v) is 9.35. The fourth-order valence-electron chi connectivity index (χ4n) is 6.97. The first-order valence-electron chi connectivity index (χ1n) is 10.8. The molecule has 6 heteroatoms. The van der Waals surface area contributed by atoms with Gasteiger partial charge in [0, 0.05) is 27.2 Å². The summed E-state index contributed by atoms with van der Waals surface area (Å²) in [6, 6.07) is 0. The lowest BCUT2D eigenvalue weighted by molar-refractivity contribution is -0.212. The van der Waals surface area contributed by atoms with Gasteiger partial charge in [0.1, 0.15) is 18.5 Å². The molecule has 160 valence electrons. The van der Waals surface area contributed by atoms with E-state index >= 15 is 0 Å². The molecule has 0 radical (unpaired) electrons. The molecule has 0 spiro atoms. The molecule has 1 N–H and O–H groups in total. The molecular weight excluding hydrogens is 375 g/mol. The zero-order valence-corrected chi connectivity index (χ0v) is 19.1. The SMILES string of the molecule is CC[C@]1(C)C[C@@H](OC(=O)COP)[C@@]2(C)C3C(=O)CC[C@]3(CC[C@H]2C)[C@@H](C)[C@@H]1O. The minimum atomic E-state index is -0.525. The summed E-state index contributed by atoms with van der Waals surface area (Å²) in [6.45, 7) is 10.6. The van der Waals surface area contributed by atoms with E-state index in [4.69, 9.17) is 9.26 Å². The van der Waals surface area contributed by atoms with Crippen LogP contribution in [0.15, 0.2) is 0 Å². The fourth-order valence-corrected chi connectivity index (χ4v) is 7.10. The van der Waals surface area contributed by atoms with E-state index in [1.165, 1.54) is 0 Å². The molecule has 0 aromatic heterocycles. The highest BCUT2D eigenvalue weighted by Gasteiger charge is 2.68. The van der Waals surface area contributed by atoms with Crippen molar-refractivity contribution in [3.63, 3.8) is 0 Å². The predicted molar refractivity (Wildman–Crippen MR) is 110 cm³/mol. The van der Waals surface area contributed by atoms with Gasteiger partial charge in [-0.15, -0.1) is 0 Å². The molecular formula is C22H37O5P. The van der Waals surface area contributed by atoms with E-state index < -0.39 is 23.6 Å². The smallest absolute Gasteiger partial charge is 0.332 e. The number of esters is 1. The Morgan fingerprint density at radius 1 is 1.29 bits per heavy atom. The summed E-state index contributed by atoms with van der Waals surface area (Å²) >= 11 is 0. The van der Waals surface area contributed by atoms with Gasteiger partial charge in [-0.3, -0.25) is 4.79 Å². The Morgan fingerprint density at radius 2 is 1.96 bits per heavy atom. The van der Waals surface area contributed by atoms with Gasteiger partial charge < -0.3 is 14.4 Å². The van der Waals surface area contributed by atoms with Crippen molar-refractivity contribution in [1.82, 2.24) is 0 Å². The maximum atomic E-state index is 13.2. The van der Waals surface area contributed by atoms with Crippen LogP contribution in [0.1, 0.15) is 73.1 Å². The molecule has 0 amide bonds. The second-order valence-corrected chi connectivity index (χ2v) is 10.5. The predicted octanol–water partition coefficient (Wildman–Crippen LogP) is 3.92. The molecule has 9 atom stereocenters. The summed E-state index contributed by atoms with van der Waals surface area (Å²) in [5.41, 5.74) is -0.988. The standard InChI is InChI=1S/C22H37O5P/c1-6-20(4)11-16(27-17(24)12-26-28)21(5)13(2)7-9-22(14(3)19(20)25)10-8-15(23)18(21)22/h13-14,16,18-19,25H,6-12,28H2,1-5H3/t13-,14+,16-,18?,19+,20-,21+,22-/m1/s1. The van der Waals surface area contributed by atoms with Crippen molar-refractivity contribution in [2.75, 3.05) is 6.61 Å². The molecule has 2 bridgehead atoms. The van der Waals surface area contributed by atoms with E-state index in [1.807, 2.05) is 0 Å². The molecule has 3 fully saturated rings. The summed E-state index contributed by atoms with van der Waals surface area (Å²) in [5.74, 6) is 0.0383. The van der Waals surface area contributed by atoms with Crippen LogP contribution in [0.25, 0.3) is 0 Å². The largest absolute Gasteiger partial charge is 0.460 e. The Bertz CT molecular complexity index is 638. The molecule has 0 heterocycles. The van der Waals surface area contributed by atoms with Crippen molar-refractivity contribution in [3.8, 4) is 0 Å². The summed E-state index contributed by atoms with van der Waals surface area (Å²) in [4.78, 5) is 25.7. The van der Waals surface area contributed by atoms with Crippen LogP contribution in [0.3, 0.4) is 0 Å². The number of Topliss-reactive ketones (excluding diaryl/α,β-unsaturated/α-hetero) is 1. The number of rotatable bonds is 4. The lowest BCUT2D eigenvalue weighted by Gasteiger charge is -2.62. The third kappa shape index (κ3) is 3.08. The van der Waals surface area contributed by atoms with Crippen LogP contribution in [0.4, 0.5) is 0 Å². The van der Waals surface area contributed by atoms with Gasteiger partial charge in [0.05, 0.1) is 6.10 Å². The van der Waals surface area contributed by atoms with E-state index in [1.54, 1.807) is 0 Å². The lowest BCUT2D eigenvalue weighted by atomic mass is 9.43. The van der Waals surface area contributed by atoms with Crippen molar-refractivity contribution >= 4 is 21.2 Å². The summed E-state index contributed by atoms with van der Waals surface area (Å²) in [7, 11) is 2.08. The van der Waals surface area contributed by atoms with Crippen LogP contribution in [0.5, 0.6) is 0 Å². The molecule has 0 aliphatic heterocycles. The molecule has 2 unspecified atom stereocenters. The van der Waals surface area contributed by atoms with Gasteiger partial charge in [0.2, 0.25) is 0 Å². The Hall–Kier alpha value is -0.510. The van der Waals surface area contributed by atoms with Gasteiger partial charge in [0.15, 0.2) is 0 Å². The van der Waals surface area contributed by atoms with Crippen molar-refractivity contribution in [2.45, 2.75) is 85.4 Å². The summed E-state index contributed by atoms with van der Waals surface area (Å²) in [5, 5.41) is 11.5. The first-order valence-corrected chi connectivity index (χ1v) is 11.3. The molecule has 3 aliphatic carbocycles. The number of carbonyl (C=O) groups excluding carboxylic acids is 2. The van der Waals surface area contributed by atoms with Crippen LogP contribution < -0.4 is 0 Å². The summed E-state index contributed by atoms with van der Waals surface area (Å²) in [6.07, 6.45) is 3.80. The van der Waals surface area contributed by atoms with Crippen LogP contribution in [0.2, 0.25) is 0 Å². The Kier molecular flexibility index (Phi) is 6.05. The van der Waals surface area contributed by atoms with E-state index in [0.717, 1.165) is 25.7 Å². The van der Waals surface area contributed by atoms with Crippen LogP contribution >= 0.6 is 9.47 Å². The highest BCUT2D eigenvalue weighted by atomic mass is 31.0. The second-order valence-electron chi connectivity index (χ2n) is 10.2. The average molecular weight is 413 g/mol. The van der Waals surface area contributed by atoms with Crippen LogP contribution in [-0.2, 0) is 18.8 Å². The van der Waals surface area contributed by atoms with Gasteiger partial charge >= 0.3 is 5.97 Å². The maximum absolute atomic E-state index is 13.2. The highest BCUT2D eigenvalue weighted by Crippen LogP contribution is 2.68. The van der Waals surface area contributed by atoms with Crippen molar-refractivity contribution < 1.29 is 24.0 Å². The zero-order chi connectivity index (χ0) is 20.9. The number of aliphatic hydroxyl groups is 1. The number of aliphatic hydroxyl groups excluding tert-OH is 1. The lowest BCUT2D eigenvalue weighted by Crippen LogP contribution is -2.63. The highest BCUT2D eigenvalue weighted by molar-refractivity contribution is 7.09. The normalized spacial score (nSPS) is 48.5. The third-order valence-electron chi connectivity index (χ3n) is 9.18. The van der Waals surface area contributed by atoms with E-state index in [2.05, 4.69) is 44.1 Å². The van der Waals surface area contributed by atoms with Gasteiger partial charge in [-0.25, -0.2) is 4.79 Å². The number of ketones is 1. The monoisotopic (exact) mass is 412 g/mol. The quantitative estimate of drug-likeness (QED) is 0.560. The zero-order valence-electron chi connectivity index (χ0n) is 18.0. The first kappa shape index (κ1) is 22.2. The number of hydrogen-bond acceptors (Lipinski definition) is 5. The molecule has 0 aromatic carbocycles. The molecule has 28 heavy (non-hydrogen) atoms. The van der Waals surface area contributed by atoms with E-state index in [9.17, 15) is 14.7 Å². The second kappa shape index (κ2) is 7.63. The van der Waals surface area contributed by atoms with Gasteiger partial charge in [-0.1, -0.05) is 34.6 Å². The van der Waals surface area contributed by atoms with E-state index in [0.29, 0.717) is 12.8 Å². The van der Waals surface area contributed by atoms with Crippen LogP contribution in [-0.4, -0.2) is 35.7 Å². The minimum absolute atomic E-state index is 0.0488. The topological polar surface area (TPSA) is 72.8 Å². The molecule has 0 aromatic rings. The minimum Gasteiger partial charge on any atom is -0.460 e. The van der Waals surface area contributed by atoms with Gasteiger partial charge in [0.25, 0.3) is 0 Å². The Labute approximate surface area is 171 Å². The molecule has 0 saturated heterocycles. The summed E-state index contributed by atoms with van der Waals surface area (Å²) < 4.78 is 10.9. The Morgan fingerprint density at radius 3 is 2.57 bits per heavy atom. The van der Waals surface area contributed by atoms with E-state index in [-0.39, 0.29) is 41.0 Å². The van der Waals surface area contributed by atoms with Crippen molar-refractivity contribution in [2.24, 2.45) is 34.0 Å². The molecule has 3 aliphatic rings. The van der Waals surface area contributed by atoms with Crippen molar-refractivity contribution in [1.29, 1.82) is 0 Å². The van der Waals surface area contributed by atoms with Gasteiger partial charge in [-0.2, -0.15) is 0 Å². The molecule has 3 rings (SSSR count). The average Bonchev–Trinajstić information content (AvgIpc) is 3.01. The van der Waals surface area contributed by atoms with Gasteiger partial charge in [-0.05, 0) is 54.8 Å². The van der Waals surface area contributed by atoms with Crippen LogP contribution in [0, 0.1) is 34.0 Å². The Balaban J connectivity index is 2.16.